The standard InChI is InChI=1S/C14H15ClN2O/c15-12-5-2-1-4-10(12)8-11-9-17-14(18-11)13-6-3-7-16-13/h1-2,4-5,9,13,16H,3,6-8H2. The second-order valence-electron chi connectivity index (χ2n) is 4.58. The summed E-state index contributed by atoms with van der Waals surface area (Å²) in [6, 6.07) is 8.10. The van der Waals surface area contributed by atoms with Crippen molar-refractivity contribution in [3.63, 3.8) is 0 Å². The molecule has 0 aliphatic carbocycles. The summed E-state index contributed by atoms with van der Waals surface area (Å²) in [7, 11) is 0. The number of benzene rings is 1. The number of nitrogens with one attached hydrogen (secondary N) is 1. The van der Waals surface area contributed by atoms with E-state index in [1.54, 1.807) is 6.20 Å². The Morgan fingerprint density at radius 3 is 3.06 bits per heavy atom. The van der Waals surface area contributed by atoms with Gasteiger partial charge in [0.1, 0.15) is 5.76 Å². The molecule has 1 atom stereocenters. The Kier molecular flexibility index (Phi) is 3.35. The van der Waals surface area contributed by atoms with Crippen molar-refractivity contribution in [1.29, 1.82) is 0 Å². The van der Waals surface area contributed by atoms with Crippen molar-refractivity contribution in [2.24, 2.45) is 0 Å². The molecular weight excluding hydrogens is 248 g/mol. The van der Waals surface area contributed by atoms with E-state index in [1.807, 2.05) is 24.3 Å². The fourth-order valence-electron chi connectivity index (χ4n) is 2.29. The third-order valence-corrected chi connectivity index (χ3v) is 3.62. The molecule has 94 valence electrons. The Balaban J connectivity index is 1.75. The van der Waals surface area contributed by atoms with Gasteiger partial charge in [-0.1, -0.05) is 29.8 Å². The van der Waals surface area contributed by atoms with Crippen molar-refractivity contribution in [2.75, 3.05) is 6.54 Å². The fourth-order valence-corrected chi connectivity index (χ4v) is 2.49. The largest absolute Gasteiger partial charge is 0.444 e. The second kappa shape index (κ2) is 5.12. The molecule has 3 nitrogen and oxygen atoms in total. The van der Waals surface area contributed by atoms with Crippen LogP contribution in [0.1, 0.15) is 36.1 Å². The molecule has 1 fully saturated rings. The Hall–Kier alpha value is -1.32. The molecule has 3 rings (SSSR count). The van der Waals surface area contributed by atoms with Gasteiger partial charge in [0.05, 0.1) is 12.2 Å². The van der Waals surface area contributed by atoms with Crippen molar-refractivity contribution in [3.05, 3.63) is 52.7 Å². The third kappa shape index (κ3) is 2.42. The lowest BCUT2D eigenvalue weighted by atomic mass is 10.1. The summed E-state index contributed by atoms with van der Waals surface area (Å²) in [4.78, 5) is 4.35. The maximum Gasteiger partial charge on any atom is 0.211 e. The lowest BCUT2D eigenvalue weighted by molar-refractivity contribution is 0.409. The van der Waals surface area contributed by atoms with Gasteiger partial charge in [0.15, 0.2) is 0 Å². The Morgan fingerprint density at radius 2 is 2.28 bits per heavy atom. The van der Waals surface area contributed by atoms with E-state index in [-0.39, 0.29) is 6.04 Å². The second-order valence-corrected chi connectivity index (χ2v) is 4.99. The lowest BCUT2D eigenvalue weighted by Crippen LogP contribution is -2.12. The zero-order chi connectivity index (χ0) is 12.4. The average Bonchev–Trinajstić information content (AvgIpc) is 3.02. The molecule has 18 heavy (non-hydrogen) atoms. The minimum Gasteiger partial charge on any atom is -0.444 e. The molecule has 1 aromatic heterocycles. The molecule has 0 saturated carbocycles. The summed E-state index contributed by atoms with van der Waals surface area (Å²) in [5.41, 5.74) is 1.07. The predicted molar refractivity (Wildman–Crippen MR) is 70.7 cm³/mol. The topological polar surface area (TPSA) is 38.1 Å². The maximum atomic E-state index is 6.13. The number of nitrogens with zero attached hydrogens (tertiary/aromatic N) is 1. The summed E-state index contributed by atoms with van der Waals surface area (Å²) in [5, 5.41) is 4.15. The number of oxazole rings is 1. The number of hydrogen-bond acceptors (Lipinski definition) is 3. The molecule has 2 aromatic rings. The van der Waals surface area contributed by atoms with Crippen molar-refractivity contribution in [3.8, 4) is 0 Å². The molecular formula is C14H15ClN2O. The van der Waals surface area contributed by atoms with E-state index in [4.69, 9.17) is 16.0 Å². The van der Waals surface area contributed by atoms with Gasteiger partial charge >= 0.3 is 0 Å². The quantitative estimate of drug-likeness (QED) is 0.922. The number of halogens is 1. The Morgan fingerprint density at radius 1 is 1.39 bits per heavy atom. The monoisotopic (exact) mass is 262 g/mol. The van der Waals surface area contributed by atoms with E-state index >= 15 is 0 Å². The van der Waals surface area contributed by atoms with Gasteiger partial charge < -0.3 is 9.73 Å². The highest BCUT2D eigenvalue weighted by Gasteiger charge is 2.21. The van der Waals surface area contributed by atoms with Crippen LogP contribution in [-0.2, 0) is 6.42 Å². The van der Waals surface area contributed by atoms with Crippen molar-refractivity contribution in [1.82, 2.24) is 10.3 Å². The van der Waals surface area contributed by atoms with Gasteiger partial charge in [0.2, 0.25) is 5.89 Å². The lowest BCUT2D eigenvalue weighted by Gasteiger charge is -2.04. The highest BCUT2D eigenvalue weighted by atomic mass is 35.5. The van der Waals surface area contributed by atoms with E-state index in [9.17, 15) is 0 Å². The van der Waals surface area contributed by atoms with Crippen LogP contribution in [0.5, 0.6) is 0 Å². The van der Waals surface area contributed by atoms with E-state index in [0.29, 0.717) is 6.42 Å². The molecule has 0 radical (unpaired) electrons. The smallest absolute Gasteiger partial charge is 0.211 e. The first-order chi connectivity index (χ1) is 8.83. The van der Waals surface area contributed by atoms with Crippen LogP contribution in [0.15, 0.2) is 34.9 Å². The van der Waals surface area contributed by atoms with Crippen LogP contribution in [0.25, 0.3) is 0 Å². The van der Waals surface area contributed by atoms with Crippen molar-refractivity contribution in [2.45, 2.75) is 25.3 Å². The van der Waals surface area contributed by atoms with Crippen LogP contribution in [0.2, 0.25) is 5.02 Å². The van der Waals surface area contributed by atoms with Crippen LogP contribution in [0, 0.1) is 0 Å². The third-order valence-electron chi connectivity index (χ3n) is 3.25. The molecule has 0 spiro atoms. The molecule has 2 heterocycles. The minimum absolute atomic E-state index is 0.282. The zero-order valence-electron chi connectivity index (χ0n) is 10.0. The summed E-state index contributed by atoms with van der Waals surface area (Å²) >= 11 is 6.13. The summed E-state index contributed by atoms with van der Waals surface area (Å²) in [5.74, 6) is 1.67. The van der Waals surface area contributed by atoms with E-state index in [0.717, 1.165) is 35.2 Å². The van der Waals surface area contributed by atoms with Gasteiger partial charge in [-0.15, -0.1) is 0 Å². The first kappa shape index (κ1) is 11.8. The summed E-state index contributed by atoms with van der Waals surface area (Å²) in [6.45, 7) is 1.05. The van der Waals surface area contributed by atoms with Gasteiger partial charge in [-0.25, -0.2) is 4.98 Å². The Bertz CT molecular complexity index is 532. The zero-order valence-corrected chi connectivity index (χ0v) is 10.8. The van der Waals surface area contributed by atoms with Gasteiger partial charge in [-0.05, 0) is 31.0 Å². The summed E-state index contributed by atoms with van der Waals surface area (Å²) in [6.07, 6.45) is 4.79. The van der Waals surface area contributed by atoms with Crippen LogP contribution in [0.4, 0.5) is 0 Å². The van der Waals surface area contributed by atoms with Crippen LogP contribution in [-0.4, -0.2) is 11.5 Å². The first-order valence-electron chi connectivity index (χ1n) is 6.24. The molecule has 4 heteroatoms. The van der Waals surface area contributed by atoms with Gasteiger partial charge in [-0.3, -0.25) is 0 Å². The van der Waals surface area contributed by atoms with Crippen molar-refractivity contribution >= 4 is 11.6 Å². The van der Waals surface area contributed by atoms with E-state index < -0.39 is 0 Å². The Labute approximate surface area is 111 Å². The molecule has 1 saturated heterocycles. The molecule has 1 aromatic carbocycles. The average molecular weight is 263 g/mol. The van der Waals surface area contributed by atoms with Crippen LogP contribution < -0.4 is 5.32 Å². The van der Waals surface area contributed by atoms with Crippen molar-refractivity contribution < 1.29 is 4.42 Å². The molecule has 1 unspecified atom stereocenters. The van der Waals surface area contributed by atoms with E-state index in [2.05, 4.69) is 10.3 Å². The predicted octanol–water partition coefficient (Wildman–Crippen LogP) is 3.34. The number of hydrogen-bond donors (Lipinski definition) is 1. The number of rotatable bonds is 3. The van der Waals surface area contributed by atoms with Crippen LogP contribution in [0.3, 0.4) is 0 Å². The minimum atomic E-state index is 0.282. The van der Waals surface area contributed by atoms with Gasteiger partial charge in [0.25, 0.3) is 0 Å². The SMILES string of the molecule is Clc1ccccc1Cc1cnc(C2CCCN2)o1. The highest BCUT2D eigenvalue weighted by molar-refractivity contribution is 6.31. The van der Waals surface area contributed by atoms with Gasteiger partial charge in [0, 0.05) is 11.4 Å². The fraction of sp³-hybridized carbons (Fsp3) is 0.357. The molecule has 1 aliphatic heterocycles. The molecule has 1 N–H and O–H groups in total. The molecule has 0 bridgehead atoms. The summed E-state index contributed by atoms with van der Waals surface area (Å²) < 4.78 is 5.79. The van der Waals surface area contributed by atoms with E-state index in [1.165, 1.54) is 6.42 Å². The first-order valence-corrected chi connectivity index (χ1v) is 6.62. The highest BCUT2D eigenvalue weighted by Crippen LogP contribution is 2.24. The number of aromatic nitrogens is 1. The molecule has 0 amide bonds. The van der Waals surface area contributed by atoms with Crippen LogP contribution >= 0.6 is 11.6 Å². The van der Waals surface area contributed by atoms with Gasteiger partial charge in [-0.2, -0.15) is 0 Å². The molecule has 1 aliphatic rings. The normalized spacial score (nSPS) is 19.3. The maximum absolute atomic E-state index is 6.13.